The molecule has 1 aromatic carbocycles. The number of aliphatic carboxylic acids is 1. The fraction of sp³-hybridized carbons (Fsp3) is 0.609. The van der Waals surface area contributed by atoms with Gasteiger partial charge in [0.1, 0.15) is 12.1 Å². The third kappa shape index (κ3) is 11.1. The number of rotatable bonds is 16. The van der Waals surface area contributed by atoms with Crippen LogP contribution in [0.2, 0.25) is 0 Å². The molecular weight excluding hydrogens is 587 g/mol. The Balaban J connectivity index is 3.11. The minimum Gasteiger partial charge on any atom is -0.480 e. The Morgan fingerprint density at radius 2 is 1.74 bits per heavy atom. The third-order valence-corrected chi connectivity index (χ3v) is 7.16. The van der Waals surface area contributed by atoms with Crippen LogP contribution in [0.3, 0.4) is 0 Å². The minimum absolute atomic E-state index is 0.0265. The second-order valence-corrected chi connectivity index (χ2v) is 10.9. The van der Waals surface area contributed by atoms with Crippen LogP contribution in [0.25, 0.3) is 0 Å². The number of amides is 2. The molecule has 1 rings (SSSR count). The molecule has 2 amide bonds. The SMILES string of the molecule is CC[C@H](C)[C@H](N[C@@H](N)CCS)C(=O)N[C@@H](Cc1ccc(I)cc1)C(=O)N[C@@H](CCSC)C(=O)O. The van der Waals surface area contributed by atoms with Gasteiger partial charge in [0.05, 0.1) is 12.2 Å². The number of thioether (sulfide) groups is 1. The summed E-state index contributed by atoms with van der Waals surface area (Å²) in [6, 6.07) is 5.07. The lowest BCUT2D eigenvalue weighted by molar-refractivity contribution is -0.142. The first kappa shape index (κ1) is 31.0. The van der Waals surface area contributed by atoms with Crippen molar-refractivity contribution in [1.29, 1.82) is 0 Å². The second-order valence-electron chi connectivity index (χ2n) is 8.22. The molecule has 8 nitrogen and oxygen atoms in total. The van der Waals surface area contributed by atoms with Gasteiger partial charge in [0.2, 0.25) is 11.8 Å². The van der Waals surface area contributed by atoms with E-state index in [4.69, 9.17) is 5.73 Å². The number of carboxylic acids is 1. The summed E-state index contributed by atoms with van der Waals surface area (Å²) < 4.78 is 1.05. The Kier molecular flexibility index (Phi) is 15.2. The van der Waals surface area contributed by atoms with Crippen molar-refractivity contribution >= 4 is 64.8 Å². The van der Waals surface area contributed by atoms with Gasteiger partial charge in [-0.15, -0.1) is 0 Å². The van der Waals surface area contributed by atoms with Crippen LogP contribution in [0, 0.1) is 9.49 Å². The Labute approximate surface area is 225 Å². The molecule has 11 heteroatoms. The van der Waals surface area contributed by atoms with E-state index >= 15 is 0 Å². The molecular formula is C23H37IN4O4S2. The monoisotopic (exact) mass is 624 g/mol. The van der Waals surface area contributed by atoms with Crippen LogP contribution in [0.4, 0.5) is 0 Å². The zero-order chi connectivity index (χ0) is 25.7. The van der Waals surface area contributed by atoms with E-state index in [0.717, 1.165) is 15.6 Å². The summed E-state index contributed by atoms with van der Waals surface area (Å²) in [5, 5.41) is 18.2. The fourth-order valence-corrected chi connectivity index (χ4v) is 4.39. The Bertz CT molecular complexity index is 785. The highest BCUT2D eigenvalue weighted by Crippen LogP contribution is 2.13. The molecule has 0 aliphatic carbocycles. The molecule has 0 saturated carbocycles. The Hall–Kier alpha value is -1.02. The van der Waals surface area contributed by atoms with Crippen LogP contribution < -0.4 is 21.7 Å². The summed E-state index contributed by atoms with van der Waals surface area (Å²) in [4.78, 5) is 38.1. The van der Waals surface area contributed by atoms with Crippen molar-refractivity contribution < 1.29 is 19.5 Å². The highest BCUT2D eigenvalue weighted by molar-refractivity contribution is 14.1. The number of benzene rings is 1. The molecule has 0 spiro atoms. The van der Waals surface area contributed by atoms with E-state index in [1.54, 1.807) is 0 Å². The maximum absolute atomic E-state index is 13.3. The molecule has 5 atom stereocenters. The lowest BCUT2D eigenvalue weighted by atomic mass is 9.96. The standard InChI is InChI=1S/C23H37IN4O4S2/c1-4-14(2)20(28-19(25)9-11-33)22(30)27-18(13-15-5-7-16(24)8-6-15)21(29)26-17(23(31)32)10-12-34-3/h5-8,14,17-20,28,33H,4,9-13,25H2,1-3H3,(H,26,29)(H,27,30)(H,31,32)/t14-,17-,18-,19+,20-/m0/s1. The van der Waals surface area contributed by atoms with Crippen molar-refractivity contribution in [3.8, 4) is 0 Å². The predicted octanol–water partition coefficient (Wildman–Crippen LogP) is 2.25. The summed E-state index contributed by atoms with van der Waals surface area (Å²) in [6.07, 6.45) is 3.32. The quantitative estimate of drug-likeness (QED) is 0.0945. The van der Waals surface area contributed by atoms with Crippen LogP contribution in [0.1, 0.15) is 38.7 Å². The summed E-state index contributed by atoms with van der Waals surface area (Å²) in [5.41, 5.74) is 6.96. The number of hydrogen-bond donors (Lipinski definition) is 6. The molecule has 192 valence electrons. The van der Waals surface area contributed by atoms with Crippen LogP contribution >= 0.6 is 47.0 Å². The summed E-state index contributed by atoms with van der Waals surface area (Å²) >= 11 is 7.90. The van der Waals surface area contributed by atoms with Gasteiger partial charge in [0.15, 0.2) is 0 Å². The van der Waals surface area contributed by atoms with Crippen LogP contribution in [0.15, 0.2) is 24.3 Å². The zero-order valence-corrected chi connectivity index (χ0v) is 23.8. The van der Waals surface area contributed by atoms with Crippen molar-refractivity contribution in [3.63, 3.8) is 0 Å². The van der Waals surface area contributed by atoms with Gasteiger partial charge in [-0.3, -0.25) is 14.9 Å². The van der Waals surface area contributed by atoms with Gasteiger partial charge in [-0.2, -0.15) is 24.4 Å². The molecule has 1 aromatic rings. The van der Waals surface area contributed by atoms with Crippen LogP contribution in [-0.4, -0.2) is 64.9 Å². The van der Waals surface area contributed by atoms with Crippen molar-refractivity contribution in [2.45, 2.75) is 63.8 Å². The summed E-state index contributed by atoms with van der Waals surface area (Å²) in [5.74, 6) is -0.824. The van der Waals surface area contributed by atoms with E-state index in [1.807, 2.05) is 44.4 Å². The lowest BCUT2D eigenvalue weighted by Crippen LogP contribution is -2.59. The number of carboxylic acid groups (broad SMARTS) is 1. The molecule has 0 bridgehead atoms. The average molecular weight is 625 g/mol. The van der Waals surface area contributed by atoms with Gasteiger partial charge in [0, 0.05) is 9.99 Å². The van der Waals surface area contributed by atoms with Crippen molar-refractivity contribution in [1.82, 2.24) is 16.0 Å². The molecule has 0 aliphatic heterocycles. The molecule has 6 N–H and O–H groups in total. The van der Waals surface area contributed by atoms with E-state index in [1.165, 1.54) is 11.8 Å². The number of halogens is 1. The van der Waals surface area contributed by atoms with Gasteiger partial charge in [-0.25, -0.2) is 4.79 Å². The largest absolute Gasteiger partial charge is 0.480 e. The van der Waals surface area contributed by atoms with E-state index in [0.29, 0.717) is 24.3 Å². The molecule has 0 heterocycles. The molecule has 0 fully saturated rings. The molecule has 0 radical (unpaired) electrons. The van der Waals surface area contributed by atoms with Gasteiger partial charge >= 0.3 is 5.97 Å². The maximum Gasteiger partial charge on any atom is 0.326 e. The first-order valence-corrected chi connectivity index (χ1v) is 14.4. The summed E-state index contributed by atoms with van der Waals surface area (Å²) in [7, 11) is 0. The Morgan fingerprint density at radius 1 is 1.12 bits per heavy atom. The van der Waals surface area contributed by atoms with Crippen molar-refractivity contribution in [3.05, 3.63) is 33.4 Å². The highest BCUT2D eigenvalue weighted by Gasteiger charge is 2.31. The van der Waals surface area contributed by atoms with E-state index in [2.05, 4.69) is 51.2 Å². The first-order valence-electron chi connectivity index (χ1n) is 11.3. The fourth-order valence-electron chi connectivity index (χ4n) is 3.28. The van der Waals surface area contributed by atoms with E-state index < -0.39 is 36.2 Å². The normalized spacial score (nSPS) is 15.6. The van der Waals surface area contributed by atoms with Gasteiger partial charge in [0.25, 0.3) is 0 Å². The predicted molar refractivity (Wildman–Crippen MR) is 150 cm³/mol. The number of hydrogen-bond acceptors (Lipinski definition) is 7. The summed E-state index contributed by atoms with van der Waals surface area (Å²) in [6.45, 7) is 3.93. The molecule has 0 aliphatic rings. The minimum atomic E-state index is -1.10. The van der Waals surface area contributed by atoms with Gasteiger partial charge in [-0.05, 0) is 76.8 Å². The molecule has 34 heavy (non-hydrogen) atoms. The Morgan fingerprint density at radius 3 is 2.26 bits per heavy atom. The van der Waals surface area contributed by atoms with E-state index in [-0.39, 0.29) is 18.2 Å². The number of carbonyl (C=O) groups is 3. The van der Waals surface area contributed by atoms with E-state index in [9.17, 15) is 19.5 Å². The van der Waals surface area contributed by atoms with Gasteiger partial charge in [-0.1, -0.05) is 32.4 Å². The smallest absolute Gasteiger partial charge is 0.326 e. The molecule has 0 unspecified atom stereocenters. The first-order chi connectivity index (χ1) is 16.1. The third-order valence-electron chi connectivity index (χ3n) is 5.54. The van der Waals surface area contributed by atoms with Gasteiger partial charge < -0.3 is 21.5 Å². The number of thiol groups is 1. The zero-order valence-electron chi connectivity index (χ0n) is 19.9. The highest BCUT2D eigenvalue weighted by atomic mass is 127. The van der Waals surface area contributed by atoms with Crippen molar-refractivity contribution in [2.24, 2.45) is 11.7 Å². The number of carbonyl (C=O) groups excluding carboxylic acids is 2. The average Bonchev–Trinajstić information content (AvgIpc) is 2.80. The second kappa shape index (κ2) is 16.6. The van der Waals surface area contributed by atoms with Crippen LogP contribution in [-0.2, 0) is 20.8 Å². The number of nitrogens with two attached hydrogens (primary N) is 1. The molecule has 0 saturated heterocycles. The van der Waals surface area contributed by atoms with Crippen LogP contribution in [0.5, 0.6) is 0 Å². The maximum atomic E-state index is 13.3. The number of nitrogens with one attached hydrogen (secondary N) is 3. The topological polar surface area (TPSA) is 134 Å². The lowest BCUT2D eigenvalue weighted by Gasteiger charge is -2.29. The van der Waals surface area contributed by atoms with Crippen molar-refractivity contribution in [2.75, 3.05) is 17.8 Å². The molecule has 0 aromatic heterocycles.